The summed E-state index contributed by atoms with van der Waals surface area (Å²) >= 11 is 5.90. The van der Waals surface area contributed by atoms with E-state index >= 15 is 0 Å². The van der Waals surface area contributed by atoms with Crippen LogP contribution in [0.25, 0.3) is 0 Å². The van der Waals surface area contributed by atoms with Gasteiger partial charge in [0.25, 0.3) is 0 Å². The summed E-state index contributed by atoms with van der Waals surface area (Å²) < 4.78 is 0. The Morgan fingerprint density at radius 1 is 1.07 bits per heavy atom. The molecule has 1 heterocycles. The minimum atomic E-state index is -1.07. The zero-order valence-corrected chi connectivity index (χ0v) is 15.5. The van der Waals surface area contributed by atoms with Crippen LogP contribution in [0.15, 0.2) is 66.7 Å². The van der Waals surface area contributed by atoms with Crippen molar-refractivity contribution in [3.05, 3.63) is 88.4 Å². The second-order valence-electron chi connectivity index (χ2n) is 6.65. The monoisotopic (exact) mass is 392 g/mol. The van der Waals surface area contributed by atoms with Crippen LogP contribution in [0, 0.1) is 0 Å². The molecular formula is C22H17ClN2O3. The summed E-state index contributed by atoms with van der Waals surface area (Å²) in [5.41, 5.74) is 3.98. The molecule has 0 saturated carbocycles. The Kier molecular flexibility index (Phi) is 4.75. The lowest BCUT2D eigenvalue weighted by Gasteiger charge is -2.12. The fourth-order valence-electron chi connectivity index (χ4n) is 3.42. The number of benzene rings is 3. The molecule has 3 aromatic carbocycles. The van der Waals surface area contributed by atoms with Crippen LogP contribution in [-0.2, 0) is 11.2 Å². The van der Waals surface area contributed by atoms with Gasteiger partial charge in [0.2, 0.25) is 5.91 Å². The summed E-state index contributed by atoms with van der Waals surface area (Å²) in [6.45, 7) is 0. The molecule has 140 valence electrons. The van der Waals surface area contributed by atoms with E-state index in [1.807, 2.05) is 48.5 Å². The smallest absolute Gasteiger partial charge is 0.337 e. The van der Waals surface area contributed by atoms with Crippen LogP contribution in [-0.4, -0.2) is 17.0 Å². The molecule has 0 saturated heterocycles. The van der Waals surface area contributed by atoms with E-state index in [4.69, 9.17) is 11.6 Å². The summed E-state index contributed by atoms with van der Waals surface area (Å²) in [5, 5.41) is 15.8. The van der Waals surface area contributed by atoms with Crippen molar-refractivity contribution in [2.75, 3.05) is 10.6 Å². The molecule has 4 rings (SSSR count). The molecule has 1 aliphatic rings. The summed E-state index contributed by atoms with van der Waals surface area (Å²) in [6.07, 6.45) is 0.632. The van der Waals surface area contributed by atoms with Crippen molar-refractivity contribution < 1.29 is 14.7 Å². The number of carboxylic acid groups (broad SMARTS) is 1. The van der Waals surface area contributed by atoms with E-state index in [9.17, 15) is 14.7 Å². The minimum absolute atomic E-state index is 0.0336. The molecule has 28 heavy (non-hydrogen) atoms. The number of halogens is 1. The molecule has 0 fully saturated rings. The van der Waals surface area contributed by atoms with E-state index in [0.29, 0.717) is 22.8 Å². The third kappa shape index (κ3) is 3.57. The Bertz CT molecular complexity index is 1070. The van der Waals surface area contributed by atoms with Crippen molar-refractivity contribution in [2.24, 2.45) is 0 Å². The number of aromatic carboxylic acids is 1. The van der Waals surface area contributed by atoms with Gasteiger partial charge in [-0.05, 0) is 47.9 Å². The number of carboxylic acids is 1. The molecule has 0 bridgehead atoms. The third-order valence-electron chi connectivity index (χ3n) is 4.78. The highest BCUT2D eigenvalue weighted by Gasteiger charge is 2.30. The van der Waals surface area contributed by atoms with E-state index in [2.05, 4.69) is 10.6 Å². The Labute approximate surface area is 167 Å². The maximum absolute atomic E-state index is 12.5. The van der Waals surface area contributed by atoms with Crippen molar-refractivity contribution in [1.82, 2.24) is 0 Å². The lowest BCUT2D eigenvalue weighted by Crippen LogP contribution is -2.14. The van der Waals surface area contributed by atoms with Gasteiger partial charge < -0.3 is 15.7 Å². The van der Waals surface area contributed by atoms with Gasteiger partial charge in [0.1, 0.15) is 0 Å². The van der Waals surface area contributed by atoms with Gasteiger partial charge >= 0.3 is 5.97 Å². The Morgan fingerprint density at radius 3 is 2.61 bits per heavy atom. The fourth-order valence-corrected chi connectivity index (χ4v) is 3.59. The van der Waals surface area contributed by atoms with Crippen LogP contribution in [0.4, 0.5) is 17.1 Å². The first-order chi connectivity index (χ1) is 13.5. The lowest BCUT2D eigenvalue weighted by atomic mass is 9.93. The SMILES string of the molecule is O=C(O)c1cc(Cl)ccc1Nc1ccc2c(c1)NC(=O)C2Cc1ccccc1. The predicted molar refractivity (Wildman–Crippen MR) is 110 cm³/mol. The van der Waals surface area contributed by atoms with Crippen molar-refractivity contribution >= 4 is 40.5 Å². The number of amides is 1. The summed E-state index contributed by atoms with van der Waals surface area (Å²) in [5.74, 6) is -1.34. The van der Waals surface area contributed by atoms with Crippen LogP contribution in [0.2, 0.25) is 5.02 Å². The number of carbonyl (C=O) groups excluding carboxylic acids is 1. The number of rotatable bonds is 5. The van der Waals surface area contributed by atoms with Gasteiger partial charge in [-0.3, -0.25) is 4.79 Å². The highest BCUT2D eigenvalue weighted by atomic mass is 35.5. The Hall–Kier alpha value is -3.31. The molecule has 5 nitrogen and oxygen atoms in total. The van der Waals surface area contributed by atoms with Gasteiger partial charge in [-0.25, -0.2) is 4.79 Å². The fraction of sp³-hybridized carbons (Fsp3) is 0.0909. The Morgan fingerprint density at radius 2 is 1.86 bits per heavy atom. The van der Waals surface area contributed by atoms with Crippen molar-refractivity contribution in [1.29, 1.82) is 0 Å². The maximum atomic E-state index is 12.5. The standard InChI is InChI=1S/C22H17ClN2O3/c23-14-6-9-19(18(11-14)22(27)28)24-15-7-8-16-17(21(26)25-20(16)12-15)10-13-4-2-1-3-5-13/h1-9,11-12,17,24H,10H2,(H,25,26)(H,27,28). The number of nitrogens with one attached hydrogen (secondary N) is 2. The van der Waals surface area contributed by atoms with Crippen molar-refractivity contribution in [3.8, 4) is 0 Å². The highest BCUT2D eigenvalue weighted by Crippen LogP contribution is 2.37. The van der Waals surface area contributed by atoms with Gasteiger partial charge in [-0.2, -0.15) is 0 Å². The number of hydrogen-bond donors (Lipinski definition) is 3. The Balaban J connectivity index is 1.60. The lowest BCUT2D eigenvalue weighted by molar-refractivity contribution is -0.117. The molecule has 1 unspecified atom stereocenters. The zero-order chi connectivity index (χ0) is 19.7. The molecule has 1 aliphatic heterocycles. The van der Waals surface area contributed by atoms with Crippen LogP contribution < -0.4 is 10.6 Å². The van der Waals surface area contributed by atoms with Crippen molar-refractivity contribution in [2.45, 2.75) is 12.3 Å². The summed E-state index contributed by atoms with van der Waals surface area (Å²) in [6, 6.07) is 20.1. The molecule has 0 radical (unpaired) electrons. The molecular weight excluding hydrogens is 376 g/mol. The van der Waals surface area contributed by atoms with Gasteiger partial charge in [0.05, 0.1) is 17.2 Å². The number of fused-ring (bicyclic) bond motifs is 1. The first-order valence-electron chi connectivity index (χ1n) is 8.80. The summed E-state index contributed by atoms with van der Waals surface area (Å²) in [7, 11) is 0. The first-order valence-corrected chi connectivity index (χ1v) is 9.17. The molecule has 3 aromatic rings. The van der Waals surface area contributed by atoms with Crippen molar-refractivity contribution in [3.63, 3.8) is 0 Å². The third-order valence-corrected chi connectivity index (χ3v) is 5.01. The second kappa shape index (κ2) is 7.37. The first kappa shape index (κ1) is 18.1. The molecule has 0 aliphatic carbocycles. The van der Waals surface area contributed by atoms with Crippen LogP contribution in [0.1, 0.15) is 27.4 Å². The van der Waals surface area contributed by atoms with Gasteiger partial charge in [-0.1, -0.05) is 48.0 Å². The van der Waals surface area contributed by atoms with Crippen LogP contribution in [0.3, 0.4) is 0 Å². The second-order valence-corrected chi connectivity index (χ2v) is 7.09. The van der Waals surface area contributed by atoms with E-state index in [1.165, 1.54) is 6.07 Å². The number of carbonyl (C=O) groups is 2. The predicted octanol–water partition coefficient (Wildman–Crippen LogP) is 5.06. The average molecular weight is 393 g/mol. The van der Waals surface area contributed by atoms with Gasteiger partial charge in [0, 0.05) is 16.4 Å². The van der Waals surface area contributed by atoms with Crippen LogP contribution >= 0.6 is 11.6 Å². The average Bonchev–Trinajstić information content (AvgIpc) is 2.98. The van der Waals surface area contributed by atoms with Crippen LogP contribution in [0.5, 0.6) is 0 Å². The topological polar surface area (TPSA) is 78.4 Å². The number of anilines is 3. The maximum Gasteiger partial charge on any atom is 0.337 e. The highest BCUT2D eigenvalue weighted by molar-refractivity contribution is 6.31. The summed E-state index contributed by atoms with van der Waals surface area (Å²) in [4.78, 5) is 23.9. The molecule has 1 atom stereocenters. The normalized spacial score (nSPS) is 15.0. The van der Waals surface area contributed by atoms with Gasteiger partial charge in [0.15, 0.2) is 0 Å². The van der Waals surface area contributed by atoms with E-state index in [-0.39, 0.29) is 17.4 Å². The molecule has 0 spiro atoms. The molecule has 0 aromatic heterocycles. The largest absolute Gasteiger partial charge is 0.478 e. The minimum Gasteiger partial charge on any atom is -0.478 e. The van der Waals surface area contributed by atoms with E-state index in [0.717, 1.165) is 16.8 Å². The quantitative estimate of drug-likeness (QED) is 0.567. The molecule has 1 amide bonds. The van der Waals surface area contributed by atoms with Gasteiger partial charge in [-0.15, -0.1) is 0 Å². The van der Waals surface area contributed by atoms with E-state index in [1.54, 1.807) is 12.1 Å². The molecule has 6 heteroatoms. The van der Waals surface area contributed by atoms with E-state index < -0.39 is 5.97 Å². The molecule has 3 N–H and O–H groups in total. The number of hydrogen-bond acceptors (Lipinski definition) is 3. The zero-order valence-electron chi connectivity index (χ0n) is 14.8.